The predicted molar refractivity (Wildman–Crippen MR) is 53.8 cm³/mol. The number of nitrogens with two attached hydrogens (primary N) is 1. The Morgan fingerprint density at radius 1 is 1.60 bits per heavy atom. The number of rotatable bonds is 2. The van der Waals surface area contributed by atoms with Crippen molar-refractivity contribution in [1.29, 1.82) is 0 Å². The average Bonchev–Trinajstić information content (AvgIpc) is 2.69. The summed E-state index contributed by atoms with van der Waals surface area (Å²) in [5.41, 5.74) is 0. The molecule has 9 heteroatoms. The van der Waals surface area contributed by atoms with E-state index in [1.54, 1.807) is 0 Å². The highest BCUT2D eigenvalue weighted by Gasteiger charge is 2.37. The smallest absolute Gasteiger partial charge is 0.229 e. The van der Waals surface area contributed by atoms with Gasteiger partial charge in [-0.25, -0.2) is 13.6 Å². The van der Waals surface area contributed by atoms with Gasteiger partial charge in [0, 0.05) is 24.5 Å². The van der Waals surface area contributed by atoms with Crippen molar-refractivity contribution in [2.24, 2.45) is 5.14 Å². The highest BCUT2D eigenvalue weighted by atomic mass is 32.2. The fraction of sp³-hybridized carbons (Fsp3) is 0.500. The van der Waals surface area contributed by atoms with Crippen LogP contribution in [0.4, 0.5) is 5.00 Å². The van der Waals surface area contributed by atoms with Crippen molar-refractivity contribution in [2.75, 3.05) is 11.4 Å². The van der Waals surface area contributed by atoms with Gasteiger partial charge in [0.2, 0.25) is 15.9 Å². The summed E-state index contributed by atoms with van der Waals surface area (Å²) >= 11 is 1.04. The molecule has 1 atom stereocenters. The number of aromatic nitrogens is 2. The van der Waals surface area contributed by atoms with E-state index in [0.29, 0.717) is 5.00 Å². The maximum Gasteiger partial charge on any atom is 0.229 e. The SMILES string of the molecule is NS(=O)(=O)C1CC(=O)N(c2cnns2)C1. The van der Waals surface area contributed by atoms with Gasteiger partial charge in [-0.1, -0.05) is 4.49 Å². The topological polar surface area (TPSA) is 106 Å². The van der Waals surface area contributed by atoms with E-state index in [2.05, 4.69) is 9.59 Å². The van der Waals surface area contributed by atoms with Crippen LogP contribution >= 0.6 is 11.5 Å². The average molecular weight is 248 g/mol. The number of primary sulfonamides is 1. The molecule has 1 fully saturated rings. The van der Waals surface area contributed by atoms with Crippen molar-refractivity contribution in [2.45, 2.75) is 11.7 Å². The monoisotopic (exact) mass is 248 g/mol. The van der Waals surface area contributed by atoms with Crippen molar-refractivity contribution in [1.82, 2.24) is 9.59 Å². The molecule has 0 aliphatic carbocycles. The van der Waals surface area contributed by atoms with E-state index in [0.717, 1.165) is 11.5 Å². The van der Waals surface area contributed by atoms with Gasteiger partial charge < -0.3 is 0 Å². The van der Waals surface area contributed by atoms with Crippen LogP contribution in [0.25, 0.3) is 0 Å². The summed E-state index contributed by atoms with van der Waals surface area (Å²) in [4.78, 5) is 12.8. The van der Waals surface area contributed by atoms with Gasteiger partial charge in [0.25, 0.3) is 0 Å². The fourth-order valence-corrected chi connectivity index (χ4v) is 2.67. The molecule has 2 N–H and O–H groups in total. The summed E-state index contributed by atoms with van der Waals surface area (Å²) in [6.45, 7) is 0.0849. The second-order valence-corrected chi connectivity index (χ2v) is 5.78. The van der Waals surface area contributed by atoms with Crippen LogP contribution in [0.2, 0.25) is 0 Å². The van der Waals surface area contributed by atoms with Crippen LogP contribution < -0.4 is 10.0 Å². The van der Waals surface area contributed by atoms with Gasteiger partial charge >= 0.3 is 0 Å². The van der Waals surface area contributed by atoms with E-state index >= 15 is 0 Å². The molecule has 82 valence electrons. The number of nitrogens with zero attached hydrogens (tertiary/aromatic N) is 3. The second kappa shape index (κ2) is 3.51. The minimum Gasteiger partial charge on any atom is -0.300 e. The first-order valence-electron chi connectivity index (χ1n) is 4.08. The molecule has 0 aromatic carbocycles. The minimum absolute atomic E-state index is 0.0727. The van der Waals surface area contributed by atoms with Crippen LogP contribution in [-0.4, -0.2) is 35.7 Å². The van der Waals surface area contributed by atoms with Crippen LogP contribution in [0.3, 0.4) is 0 Å². The lowest BCUT2D eigenvalue weighted by molar-refractivity contribution is -0.117. The third-order valence-corrected chi connectivity index (χ3v) is 4.10. The van der Waals surface area contributed by atoms with Crippen molar-refractivity contribution >= 4 is 32.5 Å². The molecule has 0 spiro atoms. The second-order valence-electron chi connectivity index (χ2n) is 3.18. The Bertz CT molecular complexity index is 469. The molecule has 1 aromatic heterocycles. The molecule has 2 rings (SSSR count). The summed E-state index contributed by atoms with van der Waals surface area (Å²) in [5, 5.41) is 8.29. The molecule has 1 saturated heterocycles. The molecule has 0 bridgehead atoms. The quantitative estimate of drug-likeness (QED) is 0.717. The molecule has 1 aromatic rings. The number of hydrogen-bond acceptors (Lipinski definition) is 6. The molecular formula is C6H8N4O3S2. The lowest BCUT2D eigenvalue weighted by Crippen LogP contribution is -2.31. The Morgan fingerprint density at radius 2 is 2.33 bits per heavy atom. The van der Waals surface area contributed by atoms with Crippen LogP contribution in [0.5, 0.6) is 0 Å². The Hall–Kier alpha value is -1.06. The first-order valence-corrected chi connectivity index (χ1v) is 6.46. The van der Waals surface area contributed by atoms with Gasteiger partial charge in [-0.15, -0.1) is 5.10 Å². The largest absolute Gasteiger partial charge is 0.300 e. The van der Waals surface area contributed by atoms with Crippen LogP contribution in [-0.2, 0) is 14.8 Å². The summed E-state index contributed by atoms with van der Waals surface area (Å²) < 4.78 is 25.7. The van der Waals surface area contributed by atoms with E-state index in [4.69, 9.17) is 5.14 Å². The first kappa shape index (κ1) is 10.5. The van der Waals surface area contributed by atoms with Gasteiger partial charge in [0.05, 0.1) is 6.20 Å². The zero-order chi connectivity index (χ0) is 11.1. The van der Waals surface area contributed by atoms with Crippen LogP contribution in [0.1, 0.15) is 6.42 Å². The number of anilines is 1. The summed E-state index contributed by atoms with van der Waals surface area (Å²) in [6, 6.07) is 0. The van der Waals surface area contributed by atoms with E-state index < -0.39 is 15.3 Å². The van der Waals surface area contributed by atoms with Gasteiger partial charge in [-0.05, 0) is 0 Å². The highest BCUT2D eigenvalue weighted by Crippen LogP contribution is 2.25. The molecule has 0 radical (unpaired) electrons. The molecular weight excluding hydrogens is 240 g/mol. The van der Waals surface area contributed by atoms with E-state index in [1.807, 2.05) is 0 Å². The molecule has 15 heavy (non-hydrogen) atoms. The van der Waals surface area contributed by atoms with Crippen molar-refractivity contribution in [3.63, 3.8) is 0 Å². The van der Waals surface area contributed by atoms with Gasteiger partial charge in [-0.2, -0.15) is 0 Å². The minimum atomic E-state index is -3.66. The third kappa shape index (κ3) is 1.98. The normalized spacial score (nSPS) is 22.3. The molecule has 1 aliphatic rings. The number of hydrogen-bond donors (Lipinski definition) is 1. The van der Waals surface area contributed by atoms with Gasteiger partial charge in [-0.3, -0.25) is 9.69 Å². The zero-order valence-corrected chi connectivity index (χ0v) is 9.16. The number of carbonyl (C=O) groups excluding carboxylic acids is 1. The Labute approximate surface area is 90.1 Å². The Balaban J connectivity index is 2.23. The lowest BCUT2D eigenvalue weighted by Gasteiger charge is -2.11. The summed E-state index contributed by atoms with van der Waals surface area (Å²) in [7, 11) is -3.66. The van der Waals surface area contributed by atoms with E-state index in [9.17, 15) is 13.2 Å². The van der Waals surface area contributed by atoms with E-state index in [1.165, 1.54) is 11.1 Å². The molecule has 1 amide bonds. The first-order chi connectivity index (χ1) is 6.98. The Kier molecular flexibility index (Phi) is 2.44. The lowest BCUT2D eigenvalue weighted by atomic mass is 10.4. The van der Waals surface area contributed by atoms with Gasteiger partial charge in [0.1, 0.15) is 10.3 Å². The maximum absolute atomic E-state index is 11.5. The summed E-state index contributed by atoms with van der Waals surface area (Å²) in [5.74, 6) is -0.264. The molecule has 7 nitrogen and oxygen atoms in total. The van der Waals surface area contributed by atoms with Crippen LogP contribution in [0, 0.1) is 0 Å². The Morgan fingerprint density at radius 3 is 2.80 bits per heavy atom. The summed E-state index contributed by atoms with van der Waals surface area (Å²) in [6.07, 6.45) is 1.35. The maximum atomic E-state index is 11.5. The van der Waals surface area contributed by atoms with Crippen molar-refractivity contribution < 1.29 is 13.2 Å². The molecule has 1 aliphatic heterocycles. The fourth-order valence-electron chi connectivity index (χ4n) is 1.39. The standard InChI is InChI=1S/C6H8N4O3S2/c7-15(12,13)4-1-5(11)10(3-4)6-2-8-9-14-6/h2,4H,1,3H2,(H2,7,12,13). The molecule has 2 heterocycles. The molecule has 1 unspecified atom stereocenters. The van der Waals surface area contributed by atoms with Crippen LogP contribution in [0.15, 0.2) is 6.20 Å². The van der Waals surface area contributed by atoms with Crippen molar-refractivity contribution in [3.8, 4) is 0 Å². The van der Waals surface area contributed by atoms with Crippen molar-refractivity contribution in [3.05, 3.63) is 6.20 Å². The number of amides is 1. The molecule has 0 saturated carbocycles. The third-order valence-electron chi connectivity index (χ3n) is 2.17. The predicted octanol–water partition coefficient (Wildman–Crippen LogP) is -1.07. The van der Waals surface area contributed by atoms with Gasteiger partial charge in [0.15, 0.2) is 0 Å². The number of sulfonamides is 1. The van der Waals surface area contributed by atoms with E-state index in [-0.39, 0.29) is 18.9 Å². The number of carbonyl (C=O) groups is 1. The highest BCUT2D eigenvalue weighted by molar-refractivity contribution is 7.89. The zero-order valence-electron chi connectivity index (χ0n) is 7.53.